The van der Waals surface area contributed by atoms with Crippen LogP contribution in [0.3, 0.4) is 0 Å². The lowest BCUT2D eigenvalue weighted by Crippen LogP contribution is -2.40. The first-order valence-corrected chi connectivity index (χ1v) is 13.4. The van der Waals surface area contributed by atoms with E-state index in [0.717, 1.165) is 21.4 Å². The van der Waals surface area contributed by atoms with Crippen molar-refractivity contribution in [1.82, 2.24) is 19.5 Å². The van der Waals surface area contributed by atoms with Gasteiger partial charge in [0.15, 0.2) is 0 Å². The Morgan fingerprint density at radius 1 is 1.16 bits per heavy atom. The summed E-state index contributed by atoms with van der Waals surface area (Å²) in [6.07, 6.45) is 2.07. The van der Waals surface area contributed by atoms with Crippen molar-refractivity contribution in [3.8, 4) is 5.75 Å². The summed E-state index contributed by atoms with van der Waals surface area (Å²) in [4.78, 5) is 42.1. The molecule has 0 aliphatic carbocycles. The number of hydrogen-bond donors (Lipinski definition) is 3. The van der Waals surface area contributed by atoms with Crippen LogP contribution in [-0.2, 0) is 30.8 Å². The molecule has 2 saturated heterocycles. The number of methoxy groups -OCH3 is 1. The minimum Gasteiger partial charge on any atom is -0.495 e. The van der Waals surface area contributed by atoms with Crippen LogP contribution >= 0.6 is 0 Å². The maximum atomic E-state index is 13.2. The maximum absolute atomic E-state index is 13.2. The number of para-hydroxylation sites is 1. The number of carbonyl (C=O) groups is 3. The number of H-pyrrole nitrogens is 1. The Bertz CT molecular complexity index is 1500. The van der Waals surface area contributed by atoms with Crippen LogP contribution in [0.25, 0.3) is 10.9 Å². The lowest BCUT2D eigenvalue weighted by molar-refractivity contribution is -0.130. The van der Waals surface area contributed by atoms with Gasteiger partial charge in [0.1, 0.15) is 23.2 Å². The van der Waals surface area contributed by atoms with E-state index in [2.05, 4.69) is 15.6 Å². The highest BCUT2D eigenvalue weighted by Crippen LogP contribution is 2.30. The molecule has 1 aromatic heterocycles. The second kappa shape index (κ2) is 10.4. The van der Waals surface area contributed by atoms with Gasteiger partial charge in [0, 0.05) is 42.3 Å². The van der Waals surface area contributed by atoms with Crippen LogP contribution in [0.5, 0.6) is 5.75 Å². The molecule has 4 amide bonds. The summed E-state index contributed by atoms with van der Waals surface area (Å²) in [5.41, 5.74) is 1.98. The van der Waals surface area contributed by atoms with Gasteiger partial charge in [0.25, 0.3) is 5.91 Å². The van der Waals surface area contributed by atoms with E-state index in [1.165, 1.54) is 29.6 Å². The van der Waals surface area contributed by atoms with Crippen LogP contribution in [0.4, 0.5) is 10.5 Å². The van der Waals surface area contributed by atoms with Gasteiger partial charge < -0.3 is 25.1 Å². The third kappa shape index (κ3) is 4.95. The second-order valence-corrected chi connectivity index (χ2v) is 10.8. The molecule has 38 heavy (non-hydrogen) atoms. The van der Waals surface area contributed by atoms with E-state index < -0.39 is 40.5 Å². The zero-order valence-corrected chi connectivity index (χ0v) is 21.4. The average molecular weight is 542 g/mol. The smallest absolute Gasteiger partial charge is 0.325 e. The summed E-state index contributed by atoms with van der Waals surface area (Å²) in [6, 6.07) is 10.4. The van der Waals surface area contributed by atoms with Gasteiger partial charge in [-0.05, 0) is 29.8 Å². The van der Waals surface area contributed by atoms with E-state index in [1.54, 1.807) is 6.20 Å². The molecule has 0 radical (unpaired) electrons. The maximum Gasteiger partial charge on any atom is 0.325 e. The number of sulfonamides is 1. The van der Waals surface area contributed by atoms with Crippen LogP contribution in [0, 0.1) is 0 Å². The molecule has 0 spiro atoms. The number of nitrogens with one attached hydrogen (secondary N) is 3. The number of hydrogen-bond acceptors (Lipinski definition) is 7. The number of rotatable bonds is 8. The van der Waals surface area contributed by atoms with Crippen molar-refractivity contribution >= 4 is 44.5 Å². The van der Waals surface area contributed by atoms with Crippen molar-refractivity contribution < 1.29 is 32.3 Å². The van der Waals surface area contributed by atoms with E-state index in [-0.39, 0.29) is 49.1 Å². The predicted octanol–water partition coefficient (Wildman–Crippen LogP) is 1.30. The largest absolute Gasteiger partial charge is 0.495 e. The molecule has 13 heteroatoms. The number of ether oxygens (including phenoxy) is 2. The monoisotopic (exact) mass is 541 g/mol. The molecule has 3 aromatic rings. The van der Waals surface area contributed by atoms with Crippen molar-refractivity contribution in [2.24, 2.45) is 0 Å². The van der Waals surface area contributed by atoms with E-state index in [9.17, 15) is 22.8 Å². The zero-order chi connectivity index (χ0) is 26.9. The number of urea groups is 1. The van der Waals surface area contributed by atoms with Gasteiger partial charge in [0.2, 0.25) is 15.9 Å². The number of morpholine rings is 1. The number of nitrogens with zero attached hydrogens (tertiary/aromatic N) is 2. The molecule has 3 N–H and O–H groups in total. The molecular formula is C25H27N5O7S. The van der Waals surface area contributed by atoms with Gasteiger partial charge in [-0.15, -0.1) is 0 Å². The van der Waals surface area contributed by atoms with Crippen LogP contribution in [0.2, 0.25) is 0 Å². The van der Waals surface area contributed by atoms with Crippen LogP contribution < -0.4 is 15.4 Å². The van der Waals surface area contributed by atoms with Gasteiger partial charge in [-0.1, -0.05) is 18.2 Å². The highest BCUT2D eigenvalue weighted by atomic mass is 32.2. The summed E-state index contributed by atoms with van der Waals surface area (Å²) in [6.45, 7) is 0.449. The lowest BCUT2D eigenvalue weighted by atomic mass is 10.1. The number of anilines is 1. The Morgan fingerprint density at radius 2 is 1.92 bits per heavy atom. The Labute approximate surface area is 218 Å². The van der Waals surface area contributed by atoms with Crippen molar-refractivity contribution in [2.75, 3.05) is 45.3 Å². The number of fused-ring (bicyclic) bond motifs is 1. The average Bonchev–Trinajstić information content (AvgIpc) is 3.45. The fraction of sp³-hybridized carbons (Fsp3) is 0.320. The number of imide groups is 1. The molecule has 2 fully saturated rings. The Balaban J connectivity index is 1.27. The van der Waals surface area contributed by atoms with E-state index in [1.807, 2.05) is 24.3 Å². The topological polar surface area (TPSA) is 150 Å². The first kappa shape index (κ1) is 25.7. The molecule has 0 unspecified atom stereocenters. The first-order chi connectivity index (χ1) is 18.3. The molecule has 0 bridgehead atoms. The number of amides is 4. The molecule has 200 valence electrons. The van der Waals surface area contributed by atoms with Crippen LogP contribution in [0.1, 0.15) is 5.56 Å². The molecule has 1 atom stereocenters. The third-order valence-electron chi connectivity index (χ3n) is 6.54. The standard InChI is InChI=1S/C25H27N5O7S/c1-36-21-7-6-17(13-22(21)38(34,35)29-8-10-37-11-9-29)27-23(31)15-30-24(32)20(28-25(30)33)12-16-14-26-19-5-3-2-4-18(16)19/h2-7,13-14,20,26H,8-12,15H2,1H3,(H,27,31)(H,28,33)/t20-/m1/s1. The minimum absolute atomic E-state index is 0.103. The number of benzene rings is 2. The van der Waals surface area contributed by atoms with E-state index >= 15 is 0 Å². The van der Waals surface area contributed by atoms with E-state index in [0.29, 0.717) is 0 Å². The fourth-order valence-corrected chi connectivity index (χ4v) is 6.20. The summed E-state index contributed by atoms with van der Waals surface area (Å²) in [5, 5.41) is 6.17. The minimum atomic E-state index is -3.91. The van der Waals surface area contributed by atoms with Crippen LogP contribution in [-0.4, -0.2) is 86.5 Å². The van der Waals surface area contributed by atoms with Crippen LogP contribution in [0.15, 0.2) is 53.6 Å². The summed E-state index contributed by atoms with van der Waals surface area (Å²) >= 11 is 0. The normalized spacial score (nSPS) is 18.6. The van der Waals surface area contributed by atoms with E-state index in [4.69, 9.17) is 9.47 Å². The van der Waals surface area contributed by atoms with Crippen molar-refractivity contribution in [3.63, 3.8) is 0 Å². The summed E-state index contributed by atoms with van der Waals surface area (Å²) in [5.74, 6) is -1.04. The first-order valence-electron chi connectivity index (χ1n) is 12.0. The molecule has 12 nitrogen and oxygen atoms in total. The van der Waals surface area contributed by atoms with Crippen molar-refractivity contribution in [1.29, 1.82) is 0 Å². The van der Waals surface area contributed by atoms with Gasteiger partial charge in [-0.2, -0.15) is 4.31 Å². The number of aromatic amines is 1. The van der Waals surface area contributed by atoms with Crippen molar-refractivity contribution in [3.05, 3.63) is 54.2 Å². The summed E-state index contributed by atoms with van der Waals surface area (Å²) < 4.78 is 38.1. The van der Waals surface area contributed by atoms with Crippen molar-refractivity contribution in [2.45, 2.75) is 17.4 Å². The Hall–Kier alpha value is -3.94. The zero-order valence-electron chi connectivity index (χ0n) is 20.6. The molecule has 2 aliphatic heterocycles. The van der Waals surface area contributed by atoms with Gasteiger partial charge >= 0.3 is 6.03 Å². The Kier molecular flexibility index (Phi) is 7.06. The molecular weight excluding hydrogens is 514 g/mol. The molecule has 2 aliphatic rings. The predicted molar refractivity (Wildman–Crippen MR) is 137 cm³/mol. The quantitative estimate of drug-likeness (QED) is 0.364. The SMILES string of the molecule is COc1ccc(NC(=O)CN2C(=O)N[C@H](Cc3c[nH]c4ccccc34)C2=O)cc1S(=O)(=O)N1CCOCC1. The molecule has 0 saturated carbocycles. The molecule has 5 rings (SSSR count). The van der Waals surface area contributed by atoms with Gasteiger partial charge in [-0.3, -0.25) is 14.5 Å². The summed E-state index contributed by atoms with van der Waals surface area (Å²) in [7, 11) is -2.55. The number of aromatic nitrogens is 1. The molecule has 2 aromatic carbocycles. The second-order valence-electron chi connectivity index (χ2n) is 8.92. The highest BCUT2D eigenvalue weighted by molar-refractivity contribution is 7.89. The fourth-order valence-electron chi connectivity index (χ4n) is 4.61. The molecule has 3 heterocycles. The van der Waals surface area contributed by atoms with Gasteiger partial charge in [-0.25, -0.2) is 13.2 Å². The number of carbonyl (C=O) groups excluding carboxylic acids is 3. The Morgan fingerprint density at radius 3 is 2.68 bits per heavy atom. The third-order valence-corrected chi connectivity index (χ3v) is 8.46. The lowest BCUT2D eigenvalue weighted by Gasteiger charge is -2.26. The van der Waals surface area contributed by atoms with Gasteiger partial charge in [0.05, 0.1) is 20.3 Å². The highest BCUT2D eigenvalue weighted by Gasteiger charge is 2.39.